The first-order valence-electron chi connectivity index (χ1n) is 10.8. The number of amides is 2. The molecular weight excluding hydrogens is 408 g/mol. The zero-order chi connectivity index (χ0) is 21.9. The molecule has 2 aliphatic heterocycles. The molecule has 1 N–H and O–H groups in total. The first-order chi connectivity index (χ1) is 15.7. The molecule has 0 unspecified atom stereocenters. The van der Waals surface area contributed by atoms with Gasteiger partial charge in [0.25, 0.3) is 5.91 Å². The quantitative estimate of drug-likeness (QED) is 0.666. The molecule has 8 heteroatoms. The molecule has 32 heavy (non-hydrogen) atoms. The van der Waals surface area contributed by atoms with Crippen LogP contribution in [0.1, 0.15) is 46.1 Å². The predicted octanol–water partition coefficient (Wildman–Crippen LogP) is 2.90. The molecule has 2 aromatic carbocycles. The van der Waals surface area contributed by atoms with Gasteiger partial charge in [0.15, 0.2) is 0 Å². The Morgan fingerprint density at radius 2 is 1.81 bits per heavy atom. The van der Waals surface area contributed by atoms with Gasteiger partial charge in [-0.3, -0.25) is 9.59 Å². The molecular formula is C24H24N4O4. The van der Waals surface area contributed by atoms with Crippen LogP contribution in [0.3, 0.4) is 0 Å². The molecule has 2 amide bonds. The minimum absolute atomic E-state index is 0.00879. The van der Waals surface area contributed by atoms with Gasteiger partial charge < -0.3 is 19.5 Å². The number of nitrogens with zero attached hydrogens (tertiary/aromatic N) is 3. The molecule has 0 aliphatic carbocycles. The average molecular weight is 432 g/mol. The molecule has 2 aliphatic rings. The smallest absolute Gasteiger partial charge is 0.251 e. The maximum atomic E-state index is 12.5. The molecule has 0 atom stereocenters. The van der Waals surface area contributed by atoms with Gasteiger partial charge in [-0.05, 0) is 42.2 Å². The fourth-order valence-corrected chi connectivity index (χ4v) is 4.16. The fourth-order valence-electron chi connectivity index (χ4n) is 4.16. The second kappa shape index (κ2) is 8.92. The normalized spacial score (nSPS) is 16.1. The molecule has 3 heterocycles. The highest BCUT2D eigenvalue weighted by atomic mass is 16.5. The molecule has 1 fully saturated rings. The van der Waals surface area contributed by atoms with Crippen molar-refractivity contribution in [3.05, 3.63) is 71.1 Å². The number of aromatic nitrogens is 2. The number of hydrogen-bond donors (Lipinski definition) is 1. The second-order valence-electron chi connectivity index (χ2n) is 8.14. The molecule has 0 saturated carbocycles. The minimum Gasteiger partial charge on any atom is -0.372 e. The Balaban J connectivity index is 1.14. The zero-order valence-corrected chi connectivity index (χ0v) is 17.6. The SMILES string of the molecule is O=C(NCC(=O)N1CCC(c2nc(-c3ccc4c(c3)COC4)no2)CC1)c1ccccc1. The highest BCUT2D eigenvalue weighted by Crippen LogP contribution is 2.30. The van der Waals surface area contributed by atoms with Gasteiger partial charge in [-0.15, -0.1) is 0 Å². The van der Waals surface area contributed by atoms with Crippen LogP contribution in [0.15, 0.2) is 53.1 Å². The molecule has 0 radical (unpaired) electrons. The summed E-state index contributed by atoms with van der Waals surface area (Å²) in [6.07, 6.45) is 1.50. The molecule has 8 nitrogen and oxygen atoms in total. The monoisotopic (exact) mass is 432 g/mol. The van der Waals surface area contributed by atoms with E-state index in [1.54, 1.807) is 29.2 Å². The van der Waals surface area contributed by atoms with Crippen LogP contribution in [0, 0.1) is 0 Å². The Morgan fingerprint density at radius 1 is 1.03 bits per heavy atom. The molecule has 5 rings (SSSR count). The number of fused-ring (bicyclic) bond motifs is 1. The fraction of sp³-hybridized carbons (Fsp3) is 0.333. The molecule has 0 bridgehead atoms. The lowest BCUT2D eigenvalue weighted by Crippen LogP contribution is -2.43. The van der Waals surface area contributed by atoms with E-state index < -0.39 is 0 Å². The van der Waals surface area contributed by atoms with Crippen LogP contribution in [0.25, 0.3) is 11.4 Å². The van der Waals surface area contributed by atoms with Crippen molar-refractivity contribution in [3.63, 3.8) is 0 Å². The highest BCUT2D eigenvalue weighted by Gasteiger charge is 2.28. The van der Waals surface area contributed by atoms with Crippen molar-refractivity contribution in [2.24, 2.45) is 0 Å². The first-order valence-corrected chi connectivity index (χ1v) is 10.8. The van der Waals surface area contributed by atoms with E-state index in [0.29, 0.717) is 43.6 Å². The van der Waals surface area contributed by atoms with Gasteiger partial charge in [0.1, 0.15) is 0 Å². The molecule has 1 saturated heterocycles. The Bertz CT molecular complexity index is 1120. The third-order valence-electron chi connectivity index (χ3n) is 6.05. The molecule has 0 spiro atoms. The van der Waals surface area contributed by atoms with Crippen LogP contribution in [-0.4, -0.2) is 46.5 Å². The second-order valence-corrected chi connectivity index (χ2v) is 8.14. The van der Waals surface area contributed by atoms with E-state index in [0.717, 1.165) is 18.4 Å². The number of carbonyl (C=O) groups is 2. The zero-order valence-electron chi connectivity index (χ0n) is 17.6. The number of likely N-dealkylation sites (tertiary alicyclic amines) is 1. The van der Waals surface area contributed by atoms with Crippen LogP contribution in [-0.2, 0) is 22.7 Å². The van der Waals surface area contributed by atoms with Crippen LogP contribution < -0.4 is 5.32 Å². The summed E-state index contributed by atoms with van der Waals surface area (Å²) in [4.78, 5) is 31.0. The van der Waals surface area contributed by atoms with Crippen LogP contribution in [0.4, 0.5) is 0 Å². The van der Waals surface area contributed by atoms with Crippen LogP contribution in [0.5, 0.6) is 0 Å². The number of rotatable bonds is 5. The summed E-state index contributed by atoms with van der Waals surface area (Å²) in [6.45, 7) is 2.45. The van der Waals surface area contributed by atoms with Gasteiger partial charge >= 0.3 is 0 Å². The number of hydrogen-bond acceptors (Lipinski definition) is 6. The van der Waals surface area contributed by atoms with Crippen molar-refractivity contribution in [2.45, 2.75) is 32.0 Å². The molecule has 3 aromatic rings. The summed E-state index contributed by atoms with van der Waals surface area (Å²) in [6, 6.07) is 15.0. The van der Waals surface area contributed by atoms with Crippen molar-refractivity contribution in [2.75, 3.05) is 19.6 Å². The van der Waals surface area contributed by atoms with E-state index in [2.05, 4.69) is 21.5 Å². The van der Waals surface area contributed by atoms with Gasteiger partial charge in [-0.25, -0.2) is 0 Å². The maximum absolute atomic E-state index is 12.5. The van der Waals surface area contributed by atoms with Crippen LogP contribution in [0.2, 0.25) is 0 Å². The predicted molar refractivity (Wildman–Crippen MR) is 116 cm³/mol. The number of piperidine rings is 1. The van der Waals surface area contributed by atoms with E-state index in [9.17, 15) is 9.59 Å². The lowest BCUT2D eigenvalue weighted by Gasteiger charge is -2.30. The Kier molecular flexibility index (Phi) is 5.68. The summed E-state index contributed by atoms with van der Waals surface area (Å²) < 4.78 is 11.0. The first kappa shape index (κ1) is 20.4. The van der Waals surface area contributed by atoms with E-state index in [1.165, 1.54) is 11.1 Å². The van der Waals surface area contributed by atoms with Crippen molar-refractivity contribution >= 4 is 11.8 Å². The van der Waals surface area contributed by atoms with E-state index in [4.69, 9.17) is 9.26 Å². The lowest BCUT2D eigenvalue weighted by molar-refractivity contribution is -0.131. The molecule has 164 valence electrons. The maximum Gasteiger partial charge on any atom is 0.251 e. The van der Waals surface area contributed by atoms with Gasteiger partial charge in [0, 0.05) is 30.1 Å². The largest absolute Gasteiger partial charge is 0.372 e. The summed E-state index contributed by atoms with van der Waals surface area (Å²) >= 11 is 0. The van der Waals surface area contributed by atoms with E-state index in [-0.39, 0.29) is 24.3 Å². The van der Waals surface area contributed by atoms with Gasteiger partial charge in [-0.2, -0.15) is 4.98 Å². The average Bonchev–Trinajstić information content (AvgIpc) is 3.52. The van der Waals surface area contributed by atoms with Gasteiger partial charge in [0.05, 0.1) is 19.8 Å². The van der Waals surface area contributed by atoms with Crippen molar-refractivity contribution < 1.29 is 18.8 Å². The van der Waals surface area contributed by atoms with Crippen LogP contribution >= 0.6 is 0 Å². The van der Waals surface area contributed by atoms with E-state index >= 15 is 0 Å². The summed E-state index contributed by atoms with van der Waals surface area (Å²) in [5.74, 6) is 0.986. The van der Waals surface area contributed by atoms with Crippen molar-refractivity contribution in [1.29, 1.82) is 0 Å². The number of ether oxygens (including phenoxy) is 1. The standard InChI is InChI=1S/C24H24N4O4/c29-21(13-25-23(30)16-4-2-1-3-5-16)28-10-8-17(9-11-28)24-26-22(27-32-24)18-6-7-19-14-31-15-20(19)12-18/h1-7,12,17H,8-11,13-15H2,(H,25,30). The topological polar surface area (TPSA) is 97.6 Å². The highest BCUT2D eigenvalue weighted by molar-refractivity contribution is 5.96. The third-order valence-corrected chi connectivity index (χ3v) is 6.05. The van der Waals surface area contributed by atoms with E-state index in [1.807, 2.05) is 18.2 Å². The van der Waals surface area contributed by atoms with Crippen molar-refractivity contribution in [1.82, 2.24) is 20.4 Å². The Labute approximate surface area is 185 Å². The summed E-state index contributed by atoms with van der Waals surface area (Å²) in [7, 11) is 0. The molecule has 1 aromatic heterocycles. The Hall–Kier alpha value is -3.52. The van der Waals surface area contributed by atoms with Gasteiger partial charge in [-0.1, -0.05) is 35.5 Å². The Morgan fingerprint density at radius 3 is 2.62 bits per heavy atom. The lowest BCUT2D eigenvalue weighted by atomic mass is 9.96. The number of nitrogens with one attached hydrogen (secondary N) is 1. The van der Waals surface area contributed by atoms with Crippen molar-refractivity contribution in [3.8, 4) is 11.4 Å². The number of benzene rings is 2. The summed E-state index contributed by atoms with van der Waals surface area (Å²) in [5.41, 5.74) is 3.84. The third kappa shape index (κ3) is 4.27. The summed E-state index contributed by atoms with van der Waals surface area (Å²) in [5, 5.41) is 6.86. The minimum atomic E-state index is -0.245. The van der Waals surface area contributed by atoms with Gasteiger partial charge in [0.2, 0.25) is 17.6 Å². The number of carbonyl (C=O) groups excluding carboxylic acids is 2.